The topological polar surface area (TPSA) is 23.8 Å². The first-order valence-corrected chi connectivity index (χ1v) is 4.25. The van der Waals surface area contributed by atoms with Crippen LogP contribution in [0.15, 0.2) is 24.3 Å². The summed E-state index contributed by atoms with van der Waals surface area (Å²) in [6, 6.07) is 8.46. The van der Waals surface area contributed by atoms with Crippen molar-refractivity contribution in [2.24, 2.45) is 0 Å². The van der Waals surface area contributed by atoms with E-state index in [0.29, 0.717) is 10.6 Å². The molecule has 0 N–H and O–H groups in total. The fourth-order valence-corrected chi connectivity index (χ4v) is 1.48. The fraction of sp³-hybridized carbons (Fsp3) is 0.125. The first kappa shape index (κ1) is 9.67. The Bertz CT molecular complexity index is 327. The van der Waals surface area contributed by atoms with Gasteiger partial charge in [0.1, 0.15) is 6.07 Å². The molecule has 0 amide bonds. The van der Waals surface area contributed by atoms with E-state index in [2.05, 4.69) is 0 Å². The second-order valence-electron chi connectivity index (χ2n) is 2.17. The third kappa shape index (κ3) is 1.84. The Morgan fingerprint density at radius 1 is 1.25 bits per heavy atom. The molecule has 0 atom stereocenters. The number of hydrogen-bond donors (Lipinski definition) is 0. The van der Waals surface area contributed by atoms with E-state index in [1.54, 1.807) is 30.3 Å². The van der Waals surface area contributed by atoms with Crippen molar-refractivity contribution in [3.63, 3.8) is 0 Å². The summed E-state index contributed by atoms with van der Waals surface area (Å²) in [6.07, 6.45) is 0. The molecule has 4 heteroatoms. The smallest absolute Gasteiger partial charge is 0.195 e. The van der Waals surface area contributed by atoms with Crippen molar-refractivity contribution in [2.75, 3.05) is 0 Å². The predicted molar refractivity (Wildman–Crippen MR) is 50.4 cm³/mol. The molecule has 0 aliphatic rings. The summed E-state index contributed by atoms with van der Waals surface area (Å²) in [5.41, 5.74) is 0.414. The molecule has 0 radical (unpaired) electrons. The lowest BCUT2D eigenvalue weighted by molar-refractivity contribution is 1.11. The molecule has 0 aliphatic carbocycles. The molecular weight excluding hydrogens is 216 g/mol. The SMILES string of the molecule is N#CC(Cl)(Cl)c1ccccc1Cl. The van der Waals surface area contributed by atoms with Gasteiger partial charge < -0.3 is 0 Å². The Morgan fingerprint density at radius 3 is 2.33 bits per heavy atom. The van der Waals surface area contributed by atoms with E-state index in [0.717, 1.165) is 0 Å². The van der Waals surface area contributed by atoms with Gasteiger partial charge in [0.2, 0.25) is 4.33 Å². The maximum Gasteiger partial charge on any atom is 0.229 e. The van der Waals surface area contributed by atoms with Crippen LogP contribution in [0, 0.1) is 11.3 Å². The molecule has 0 unspecified atom stereocenters. The van der Waals surface area contributed by atoms with Crippen LogP contribution in [-0.4, -0.2) is 0 Å². The molecule has 1 aromatic rings. The zero-order valence-corrected chi connectivity index (χ0v) is 8.16. The Morgan fingerprint density at radius 2 is 1.83 bits per heavy atom. The number of hydrogen-bond acceptors (Lipinski definition) is 1. The van der Waals surface area contributed by atoms with E-state index < -0.39 is 4.33 Å². The summed E-state index contributed by atoms with van der Waals surface area (Å²) in [5, 5.41) is 8.99. The van der Waals surface area contributed by atoms with E-state index >= 15 is 0 Å². The average Bonchev–Trinajstić information content (AvgIpc) is 2.05. The van der Waals surface area contributed by atoms with Crippen LogP contribution >= 0.6 is 34.8 Å². The Labute approximate surface area is 85.5 Å². The van der Waals surface area contributed by atoms with Crippen LogP contribution in [0.1, 0.15) is 5.56 Å². The van der Waals surface area contributed by atoms with Gasteiger partial charge in [-0.3, -0.25) is 0 Å². The van der Waals surface area contributed by atoms with Crippen LogP contribution in [0.3, 0.4) is 0 Å². The predicted octanol–water partition coefficient (Wildman–Crippen LogP) is 3.49. The molecule has 1 rings (SSSR count). The van der Waals surface area contributed by atoms with Gasteiger partial charge >= 0.3 is 0 Å². The summed E-state index contributed by atoms with van der Waals surface area (Å²) in [4.78, 5) is 0. The van der Waals surface area contributed by atoms with Crippen LogP contribution in [0.2, 0.25) is 5.02 Å². The molecule has 0 heterocycles. The highest BCUT2D eigenvalue weighted by Crippen LogP contribution is 2.36. The molecule has 0 bridgehead atoms. The highest BCUT2D eigenvalue weighted by Gasteiger charge is 2.27. The number of halogens is 3. The number of rotatable bonds is 1. The number of alkyl halides is 2. The van der Waals surface area contributed by atoms with Crippen molar-refractivity contribution in [1.82, 2.24) is 0 Å². The quantitative estimate of drug-likeness (QED) is 0.665. The highest BCUT2D eigenvalue weighted by molar-refractivity contribution is 6.51. The van der Waals surface area contributed by atoms with E-state index in [1.807, 2.05) is 0 Å². The third-order valence-corrected chi connectivity index (χ3v) is 2.26. The van der Waals surface area contributed by atoms with Crippen LogP contribution in [0.5, 0.6) is 0 Å². The van der Waals surface area contributed by atoms with Crippen molar-refractivity contribution >= 4 is 34.8 Å². The Kier molecular flexibility index (Phi) is 2.85. The number of benzene rings is 1. The minimum absolute atomic E-state index is 0.393. The molecular formula is C8H4Cl3N. The van der Waals surface area contributed by atoms with E-state index in [1.165, 1.54) is 0 Å². The molecule has 0 saturated heterocycles. The van der Waals surface area contributed by atoms with Crippen LogP contribution in [0.25, 0.3) is 0 Å². The largest absolute Gasteiger partial charge is 0.229 e. The van der Waals surface area contributed by atoms with Gasteiger partial charge in [-0.05, 0) is 6.07 Å². The van der Waals surface area contributed by atoms with Gasteiger partial charge in [-0.25, -0.2) is 0 Å². The number of nitriles is 1. The fourth-order valence-electron chi connectivity index (χ4n) is 0.776. The average molecular weight is 220 g/mol. The van der Waals surface area contributed by atoms with Gasteiger partial charge in [0, 0.05) is 10.6 Å². The first-order valence-electron chi connectivity index (χ1n) is 3.12. The minimum Gasteiger partial charge on any atom is -0.195 e. The molecule has 0 aliphatic heterocycles. The van der Waals surface area contributed by atoms with E-state index in [4.69, 9.17) is 40.1 Å². The van der Waals surface area contributed by atoms with Gasteiger partial charge in [-0.2, -0.15) is 5.26 Å². The zero-order chi connectivity index (χ0) is 9.19. The van der Waals surface area contributed by atoms with Crippen molar-refractivity contribution < 1.29 is 0 Å². The zero-order valence-electron chi connectivity index (χ0n) is 5.89. The molecule has 0 aromatic heterocycles. The first-order chi connectivity index (χ1) is 5.58. The lowest BCUT2D eigenvalue weighted by Crippen LogP contribution is -2.06. The van der Waals surface area contributed by atoms with Crippen molar-refractivity contribution in [3.05, 3.63) is 34.9 Å². The van der Waals surface area contributed by atoms with Crippen molar-refractivity contribution in [3.8, 4) is 6.07 Å². The minimum atomic E-state index is -1.56. The van der Waals surface area contributed by atoms with Gasteiger partial charge in [0.15, 0.2) is 0 Å². The maximum atomic E-state index is 8.60. The van der Waals surface area contributed by atoms with Crippen molar-refractivity contribution in [2.45, 2.75) is 4.33 Å². The van der Waals surface area contributed by atoms with Crippen LogP contribution in [-0.2, 0) is 4.33 Å². The molecule has 1 aromatic carbocycles. The summed E-state index contributed by atoms with van der Waals surface area (Å²) in [6.45, 7) is 0. The lowest BCUT2D eigenvalue weighted by Gasteiger charge is -2.11. The summed E-state index contributed by atoms with van der Waals surface area (Å²) < 4.78 is -1.56. The maximum absolute atomic E-state index is 8.60. The summed E-state index contributed by atoms with van der Waals surface area (Å²) in [7, 11) is 0. The van der Waals surface area contributed by atoms with Gasteiger partial charge in [-0.15, -0.1) is 0 Å². The van der Waals surface area contributed by atoms with Gasteiger partial charge in [-0.1, -0.05) is 53.0 Å². The van der Waals surface area contributed by atoms with Gasteiger partial charge in [0.05, 0.1) is 0 Å². The molecule has 12 heavy (non-hydrogen) atoms. The van der Waals surface area contributed by atoms with E-state index in [9.17, 15) is 0 Å². The van der Waals surface area contributed by atoms with E-state index in [-0.39, 0.29) is 0 Å². The number of nitrogens with zero attached hydrogens (tertiary/aromatic N) is 1. The Balaban J connectivity index is 3.22. The second-order valence-corrected chi connectivity index (χ2v) is 3.90. The molecule has 1 nitrogen and oxygen atoms in total. The molecule has 0 fully saturated rings. The lowest BCUT2D eigenvalue weighted by atomic mass is 10.1. The summed E-state index contributed by atoms with van der Waals surface area (Å²) >= 11 is 17.1. The molecule has 0 spiro atoms. The molecule has 0 saturated carbocycles. The second kappa shape index (κ2) is 3.53. The van der Waals surface area contributed by atoms with Crippen LogP contribution in [0.4, 0.5) is 0 Å². The summed E-state index contributed by atoms with van der Waals surface area (Å²) in [5.74, 6) is 0. The van der Waals surface area contributed by atoms with Crippen LogP contribution < -0.4 is 0 Å². The molecule has 62 valence electrons. The third-order valence-electron chi connectivity index (χ3n) is 1.35. The normalized spacial score (nSPS) is 10.8. The van der Waals surface area contributed by atoms with Crippen molar-refractivity contribution in [1.29, 1.82) is 5.26 Å². The van der Waals surface area contributed by atoms with Gasteiger partial charge in [0.25, 0.3) is 0 Å². The monoisotopic (exact) mass is 219 g/mol. The Hall–Kier alpha value is -0.420. The highest BCUT2D eigenvalue weighted by atomic mass is 35.5. The standard InChI is InChI=1S/C8H4Cl3N/c9-7-4-2-1-3-6(7)8(10,11)5-12/h1-4H.